The van der Waals surface area contributed by atoms with Crippen molar-refractivity contribution < 1.29 is 14.0 Å². The van der Waals surface area contributed by atoms with Crippen molar-refractivity contribution in [1.82, 2.24) is 14.7 Å². The first kappa shape index (κ1) is 20.8. The van der Waals surface area contributed by atoms with Crippen LogP contribution in [0.2, 0.25) is 5.02 Å². The van der Waals surface area contributed by atoms with Crippen LogP contribution >= 0.6 is 11.6 Å². The van der Waals surface area contributed by atoms with Gasteiger partial charge in [-0.1, -0.05) is 23.7 Å². The van der Waals surface area contributed by atoms with Gasteiger partial charge in [0.1, 0.15) is 5.82 Å². The molecule has 0 radical (unpaired) electrons. The third-order valence-corrected chi connectivity index (χ3v) is 6.29. The number of hydrogen-bond acceptors (Lipinski definition) is 3. The lowest BCUT2D eigenvalue weighted by Crippen LogP contribution is -2.70. The molecule has 2 heterocycles. The lowest BCUT2D eigenvalue weighted by atomic mass is 9.92. The Labute approximate surface area is 181 Å². The van der Waals surface area contributed by atoms with Crippen molar-refractivity contribution in [3.8, 4) is 0 Å². The monoisotopic (exact) mass is 429 g/mol. The normalized spacial score (nSPS) is 21.3. The van der Waals surface area contributed by atoms with Crippen LogP contribution in [0.1, 0.15) is 34.6 Å². The number of hydrogen-bond donors (Lipinski definition) is 0. The zero-order valence-corrected chi connectivity index (χ0v) is 17.9. The van der Waals surface area contributed by atoms with Gasteiger partial charge in [0.05, 0.1) is 5.56 Å². The molecule has 2 aromatic carbocycles. The quantitative estimate of drug-likeness (QED) is 0.733. The van der Waals surface area contributed by atoms with E-state index in [1.54, 1.807) is 41.3 Å². The number of halogens is 2. The van der Waals surface area contributed by atoms with Crippen molar-refractivity contribution in [3.05, 3.63) is 70.5 Å². The van der Waals surface area contributed by atoms with Crippen molar-refractivity contribution in [1.29, 1.82) is 0 Å². The van der Waals surface area contributed by atoms with Crippen molar-refractivity contribution in [2.45, 2.75) is 25.4 Å². The molecule has 2 amide bonds. The molecule has 5 nitrogen and oxygen atoms in total. The van der Waals surface area contributed by atoms with E-state index in [1.165, 1.54) is 12.1 Å². The first-order chi connectivity index (χ1) is 14.3. The zero-order valence-electron chi connectivity index (χ0n) is 17.1. The highest BCUT2D eigenvalue weighted by Gasteiger charge is 2.44. The molecule has 7 heteroatoms. The summed E-state index contributed by atoms with van der Waals surface area (Å²) in [6.07, 6.45) is 0. The van der Waals surface area contributed by atoms with Crippen molar-refractivity contribution in [2.24, 2.45) is 0 Å². The molecule has 1 unspecified atom stereocenters. The Hall–Kier alpha value is -2.44. The predicted molar refractivity (Wildman–Crippen MR) is 114 cm³/mol. The smallest absolute Gasteiger partial charge is 0.256 e. The minimum absolute atomic E-state index is 0.00512. The van der Waals surface area contributed by atoms with Crippen molar-refractivity contribution in [2.75, 3.05) is 32.7 Å². The van der Waals surface area contributed by atoms with Gasteiger partial charge in [-0.15, -0.1) is 0 Å². The molecule has 0 bridgehead atoms. The average Bonchev–Trinajstić information content (AvgIpc) is 2.72. The Morgan fingerprint density at radius 2 is 1.63 bits per heavy atom. The van der Waals surface area contributed by atoms with Gasteiger partial charge in [-0.05, 0) is 50.2 Å². The van der Waals surface area contributed by atoms with E-state index in [9.17, 15) is 14.0 Å². The van der Waals surface area contributed by atoms with Crippen LogP contribution in [-0.2, 0) is 0 Å². The van der Waals surface area contributed by atoms with Gasteiger partial charge < -0.3 is 9.80 Å². The molecule has 0 saturated carbocycles. The van der Waals surface area contributed by atoms with Crippen LogP contribution in [0.4, 0.5) is 4.39 Å². The SMILES string of the molecule is CC1(C)CN(C(=O)c2ccccc2F)CC2CN(C(=O)c3ccc(Cl)cc3)CCN21. The molecule has 158 valence electrons. The highest BCUT2D eigenvalue weighted by molar-refractivity contribution is 6.30. The average molecular weight is 430 g/mol. The number of fused-ring (bicyclic) bond motifs is 1. The maximum absolute atomic E-state index is 14.2. The van der Waals surface area contributed by atoms with E-state index in [1.807, 2.05) is 4.90 Å². The molecule has 2 saturated heterocycles. The summed E-state index contributed by atoms with van der Waals surface area (Å²) < 4.78 is 14.2. The third-order valence-electron chi connectivity index (χ3n) is 6.04. The highest BCUT2D eigenvalue weighted by atomic mass is 35.5. The Bertz CT molecular complexity index is 963. The van der Waals surface area contributed by atoms with Gasteiger partial charge in [0.2, 0.25) is 0 Å². The van der Waals surface area contributed by atoms with E-state index >= 15 is 0 Å². The lowest BCUT2D eigenvalue weighted by Gasteiger charge is -2.55. The second-order valence-corrected chi connectivity index (χ2v) is 9.02. The first-order valence-electron chi connectivity index (χ1n) is 10.1. The fourth-order valence-electron chi connectivity index (χ4n) is 4.60. The molecule has 0 N–H and O–H groups in total. The number of rotatable bonds is 2. The van der Waals surface area contributed by atoms with Crippen LogP contribution in [0.25, 0.3) is 0 Å². The fraction of sp³-hybridized carbons (Fsp3) is 0.391. The van der Waals surface area contributed by atoms with E-state index in [0.29, 0.717) is 36.8 Å². The molecule has 0 aliphatic carbocycles. The van der Waals surface area contributed by atoms with Crippen LogP contribution in [0.5, 0.6) is 0 Å². The summed E-state index contributed by atoms with van der Waals surface area (Å²) >= 11 is 5.94. The summed E-state index contributed by atoms with van der Waals surface area (Å²) in [5.74, 6) is -0.852. The number of carbonyl (C=O) groups excluding carboxylic acids is 2. The van der Waals surface area contributed by atoms with E-state index in [2.05, 4.69) is 18.7 Å². The molecule has 2 aliphatic heterocycles. The Kier molecular flexibility index (Phi) is 5.55. The number of amides is 2. The minimum atomic E-state index is -0.508. The van der Waals surface area contributed by atoms with Gasteiger partial charge in [-0.25, -0.2) is 4.39 Å². The predicted octanol–water partition coefficient (Wildman–Crippen LogP) is 3.54. The van der Waals surface area contributed by atoms with Crippen LogP contribution in [0.3, 0.4) is 0 Å². The molecule has 30 heavy (non-hydrogen) atoms. The third kappa shape index (κ3) is 3.94. The van der Waals surface area contributed by atoms with Crippen molar-refractivity contribution in [3.63, 3.8) is 0 Å². The standard InChI is InChI=1S/C23H25ClFN3O2/c1-23(2)15-27(22(30)19-5-3-4-6-20(19)25)14-18-13-26(11-12-28(18)23)21(29)16-7-9-17(24)10-8-16/h3-10,18H,11-15H2,1-2H3. The lowest BCUT2D eigenvalue weighted by molar-refractivity contribution is -0.0508. The van der Waals surface area contributed by atoms with Gasteiger partial charge >= 0.3 is 0 Å². The summed E-state index contributed by atoms with van der Waals surface area (Å²) in [5.41, 5.74) is 0.424. The topological polar surface area (TPSA) is 43.9 Å². The van der Waals surface area contributed by atoms with Gasteiger partial charge in [-0.3, -0.25) is 14.5 Å². The van der Waals surface area contributed by atoms with E-state index in [4.69, 9.17) is 11.6 Å². The Balaban J connectivity index is 1.53. The summed E-state index contributed by atoms with van der Waals surface area (Å²) in [4.78, 5) is 31.9. The van der Waals surface area contributed by atoms with E-state index in [-0.39, 0.29) is 29.0 Å². The summed E-state index contributed by atoms with van der Waals surface area (Å²) in [6.45, 7) is 7.05. The largest absolute Gasteiger partial charge is 0.336 e. The maximum Gasteiger partial charge on any atom is 0.256 e. The van der Waals surface area contributed by atoms with Crippen LogP contribution in [-0.4, -0.2) is 70.8 Å². The maximum atomic E-state index is 14.2. The fourth-order valence-corrected chi connectivity index (χ4v) is 4.73. The number of benzene rings is 2. The molecule has 1 atom stereocenters. The Morgan fingerprint density at radius 3 is 2.33 bits per heavy atom. The molecular formula is C23H25ClFN3O2. The van der Waals surface area contributed by atoms with Crippen LogP contribution in [0.15, 0.2) is 48.5 Å². The second-order valence-electron chi connectivity index (χ2n) is 8.58. The molecule has 2 aromatic rings. The number of carbonyl (C=O) groups is 2. The molecule has 0 aromatic heterocycles. The highest BCUT2D eigenvalue weighted by Crippen LogP contribution is 2.30. The second kappa shape index (κ2) is 8.00. The first-order valence-corrected chi connectivity index (χ1v) is 10.5. The molecule has 2 aliphatic rings. The minimum Gasteiger partial charge on any atom is -0.336 e. The van der Waals surface area contributed by atoms with Crippen LogP contribution < -0.4 is 0 Å². The molecular weight excluding hydrogens is 405 g/mol. The van der Waals surface area contributed by atoms with Crippen molar-refractivity contribution >= 4 is 23.4 Å². The zero-order chi connectivity index (χ0) is 21.5. The number of nitrogens with zero attached hydrogens (tertiary/aromatic N) is 3. The van der Waals surface area contributed by atoms with Gasteiger partial charge in [0.15, 0.2) is 0 Å². The van der Waals surface area contributed by atoms with Gasteiger partial charge in [-0.2, -0.15) is 0 Å². The number of piperazine rings is 2. The molecule has 4 rings (SSSR count). The summed E-state index contributed by atoms with van der Waals surface area (Å²) in [5, 5.41) is 0.590. The summed E-state index contributed by atoms with van der Waals surface area (Å²) in [7, 11) is 0. The molecule has 2 fully saturated rings. The Morgan fingerprint density at radius 1 is 0.967 bits per heavy atom. The van der Waals surface area contributed by atoms with Gasteiger partial charge in [0, 0.05) is 54.9 Å². The molecule has 0 spiro atoms. The summed E-state index contributed by atoms with van der Waals surface area (Å²) in [6, 6.07) is 13.0. The van der Waals surface area contributed by atoms with Crippen LogP contribution in [0, 0.1) is 5.82 Å². The van der Waals surface area contributed by atoms with Gasteiger partial charge in [0.25, 0.3) is 11.8 Å². The van der Waals surface area contributed by atoms with E-state index in [0.717, 1.165) is 6.54 Å². The van der Waals surface area contributed by atoms with E-state index < -0.39 is 5.82 Å².